The second kappa shape index (κ2) is 12.3. The molecule has 4 amide bonds. The van der Waals surface area contributed by atoms with Gasteiger partial charge in [0, 0.05) is 63.0 Å². The Hall–Kier alpha value is -4.48. The second-order valence-electron chi connectivity index (χ2n) is 11.8. The summed E-state index contributed by atoms with van der Waals surface area (Å²) in [6, 6.07) is 3.52. The van der Waals surface area contributed by atoms with Gasteiger partial charge < -0.3 is 35.8 Å². The minimum Gasteiger partial charge on any atom is -0.390 e. The van der Waals surface area contributed by atoms with Crippen molar-refractivity contribution in [2.24, 2.45) is 18.9 Å². The molecular formula is C29H30ClF4N9O4. The first kappa shape index (κ1) is 32.5. The van der Waals surface area contributed by atoms with Gasteiger partial charge in [-0.3, -0.25) is 14.3 Å². The summed E-state index contributed by atoms with van der Waals surface area (Å²) in [5.41, 5.74) is -1.38. The summed E-state index contributed by atoms with van der Waals surface area (Å²) < 4.78 is 56.2. The minimum absolute atomic E-state index is 0.0491. The molecule has 3 aromatic rings. The van der Waals surface area contributed by atoms with Gasteiger partial charge in [-0.05, 0) is 18.2 Å². The first-order valence-corrected chi connectivity index (χ1v) is 14.9. The van der Waals surface area contributed by atoms with E-state index >= 15 is 0 Å². The number of benzene rings is 1. The number of carbonyl (C=O) groups is 3. The summed E-state index contributed by atoms with van der Waals surface area (Å²) in [5, 5.41) is 24.8. The predicted molar refractivity (Wildman–Crippen MR) is 160 cm³/mol. The number of imidazole rings is 1. The Morgan fingerprint density at radius 1 is 1.15 bits per heavy atom. The van der Waals surface area contributed by atoms with E-state index in [1.165, 1.54) is 25.2 Å². The highest BCUT2D eigenvalue weighted by molar-refractivity contribution is 6.34. The van der Waals surface area contributed by atoms with Crippen LogP contribution in [0.3, 0.4) is 0 Å². The number of anilines is 1. The smallest absolute Gasteiger partial charge is 0.390 e. The molecule has 0 radical (unpaired) electrons. The summed E-state index contributed by atoms with van der Waals surface area (Å²) >= 11 is 6.38. The maximum atomic E-state index is 13.7. The van der Waals surface area contributed by atoms with Crippen LogP contribution >= 0.6 is 11.6 Å². The number of likely N-dealkylation sites (tertiary alicyclic amines) is 1. The Labute approximate surface area is 269 Å². The van der Waals surface area contributed by atoms with Gasteiger partial charge in [0.25, 0.3) is 11.8 Å². The van der Waals surface area contributed by atoms with Gasteiger partial charge in [-0.2, -0.15) is 18.3 Å². The number of allylic oxidation sites excluding steroid dienone is 1. The summed E-state index contributed by atoms with van der Waals surface area (Å²) in [4.78, 5) is 44.2. The quantitative estimate of drug-likeness (QED) is 0.229. The van der Waals surface area contributed by atoms with E-state index in [2.05, 4.69) is 37.9 Å². The number of hydrogen-bond donors (Lipinski definition) is 5. The van der Waals surface area contributed by atoms with Crippen LogP contribution in [0.15, 0.2) is 43.0 Å². The average Bonchev–Trinajstić information content (AvgIpc) is 3.54. The van der Waals surface area contributed by atoms with E-state index in [9.17, 15) is 37.1 Å². The van der Waals surface area contributed by atoms with E-state index in [0.717, 1.165) is 21.6 Å². The normalized spacial score (nSPS) is 23.4. The SMILES string of the molecule is C=C(F)Cn1cc(-c2cnc(C(=O)Nc3ccc(C(=O)NC4[C@H]5CN(C(=O)N[C@H]6CNC[C@@H]6O)C[C@@H]45)c(Cl)c3)n2C)c(C(F)(F)F)n1. The molecule has 2 aromatic heterocycles. The number of aliphatic hydroxyl groups is 1. The highest BCUT2D eigenvalue weighted by atomic mass is 35.5. The molecule has 250 valence electrons. The van der Waals surface area contributed by atoms with Gasteiger partial charge in [0.15, 0.2) is 11.5 Å². The van der Waals surface area contributed by atoms with Gasteiger partial charge in [0.05, 0.1) is 46.7 Å². The van der Waals surface area contributed by atoms with E-state index in [0.29, 0.717) is 26.2 Å². The van der Waals surface area contributed by atoms with Crippen molar-refractivity contribution in [1.82, 2.24) is 40.2 Å². The molecule has 6 rings (SSSR count). The zero-order valence-corrected chi connectivity index (χ0v) is 25.6. The second-order valence-corrected chi connectivity index (χ2v) is 12.2. The maximum Gasteiger partial charge on any atom is 0.435 e. The lowest BCUT2D eigenvalue weighted by Gasteiger charge is -2.24. The number of alkyl halides is 3. The molecule has 13 nitrogen and oxygen atoms in total. The minimum atomic E-state index is -4.86. The lowest BCUT2D eigenvalue weighted by atomic mass is 10.2. The zero-order chi connectivity index (χ0) is 33.8. The van der Waals surface area contributed by atoms with Gasteiger partial charge in [0.1, 0.15) is 5.83 Å². The fourth-order valence-electron chi connectivity index (χ4n) is 6.11. The van der Waals surface area contributed by atoms with E-state index in [-0.39, 0.29) is 57.7 Å². The van der Waals surface area contributed by atoms with Crippen molar-refractivity contribution < 1.29 is 37.1 Å². The fraction of sp³-hybridized carbons (Fsp3) is 0.414. The number of hydrogen-bond acceptors (Lipinski definition) is 7. The summed E-state index contributed by atoms with van der Waals surface area (Å²) in [6.45, 7) is 4.34. The Kier molecular flexibility index (Phi) is 8.48. The number of carbonyl (C=O) groups excluding carboxylic acids is 3. The highest BCUT2D eigenvalue weighted by Crippen LogP contribution is 2.45. The predicted octanol–water partition coefficient (Wildman–Crippen LogP) is 2.39. The van der Waals surface area contributed by atoms with Gasteiger partial charge in [-0.25, -0.2) is 14.2 Å². The van der Waals surface area contributed by atoms with Crippen molar-refractivity contribution in [1.29, 1.82) is 0 Å². The van der Waals surface area contributed by atoms with Gasteiger partial charge in [-0.1, -0.05) is 18.2 Å². The number of nitrogens with one attached hydrogen (secondary N) is 4. The molecule has 1 aliphatic carbocycles. The molecule has 0 spiro atoms. The molecule has 18 heteroatoms. The standard InChI is InChI=1S/C29H30ClF4N9O4/c1-13(31)9-43-12-18(24(40-43)29(32,33)34)21-7-36-25(41(21)2)27(46)37-14-3-4-15(19(30)5-14)26(45)39-23-16-10-42(11-17(16)23)28(47)38-20-6-35-8-22(20)44/h3-5,7,12,16-17,20,22-23,35,44H,1,6,8-11H2,2H3,(H,37,46)(H,38,47)(H,39,45)/t16-,17+,20-,22-,23?/m0/s1. The molecule has 3 aliphatic rings. The van der Waals surface area contributed by atoms with E-state index in [1.54, 1.807) is 4.90 Å². The van der Waals surface area contributed by atoms with Gasteiger partial charge >= 0.3 is 12.2 Å². The van der Waals surface area contributed by atoms with Crippen LogP contribution in [0.5, 0.6) is 0 Å². The van der Waals surface area contributed by atoms with Gasteiger partial charge in [0.2, 0.25) is 0 Å². The number of halogens is 5. The van der Waals surface area contributed by atoms with Crippen LogP contribution in [0.1, 0.15) is 26.7 Å². The van der Waals surface area contributed by atoms with Crippen molar-refractivity contribution in [3.63, 3.8) is 0 Å². The number of aromatic nitrogens is 4. The van der Waals surface area contributed by atoms with Crippen LogP contribution < -0.4 is 21.3 Å². The molecule has 1 unspecified atom stereocenters. The van der Waals surface area contributed by atoms with Crippen LogP contribution in [-0.4, -0.2) is 91.6 Å². The van der Waals surface area contributed by atoms with Crippen LogP contribution in [0.4, 0.5) is 28.0 Å². The third kappa shape index (κ3) is 6.55. The Balaban J connectivity index is 1.06. The molecule has 5 atom stereocenters. The molecule has 3 fully saturated rings. The highest BCUT2D eigenvalue weighted by Gasteiger charge is 2.57. The van der Waals surface area contributed by atoms with Crippen LogP contribution in [0.2, 0.25) is 5.02 Å². The molecule has 47 heavy (non-hydrogen) atoms. The average molecular weight is 680 g/mol. The van der Waals surface area contributed by atoms with Crippen LogP contribution in [0, 0.1) is 11.8 Å². The maximum absolute atomic E-state index is 13.7. The summed E-state index contributed by atoms with van der Waals surface area (Å²) in [7, 11) is 1.35. The monoisotopic (exact) mass is 679 g/mol. The Bertz CT molecular complexity index is 1750. The lowest BCUT2D eigenvalue weighted by molar-refractivity contribution is -0.141. The zero-order valence-electron chi connectivity index (χ0n) is 24.8. The number of β-amino-alcohol motifs (C(OH)–C–C–N with tert-alkyl or cyclic N) is 1. The van der Waals surface area contributed by atoms with Crippen LogP contribution in [-0.2, 0) is 19.8 Å². The first-order chi connectivity index (χ1) is 22.2. The molecule has 5 N–H and O–H groups in total. The number of rotatable bonds is 8. The third-order valence-electron chi connectivity index (χ3n) is 8.57. The van der Waals surface area contributed by atoms with E-state index in [1.807, 2.05) is 0 Å². The molecule has 1 aromatic carbocycles. The molecule has 0 bridgehead atoms. The number of amides is 4. The van der Waals surface area contributed by atoms with Crippen molar-refractivity contribution in [2.45, 2.75) is 30.9 Å². The molecule has 2 aliphatic heterocycles. The number of nitrogens with zero attached hydrogens (tertiary/aromatic N) is 5. The molecule has 2 saturated heterocycles. The molecule has 1 saturated carbocycles. The summed E-state index contributed by atoms with van der Waals surface area (Å²) in [5.74, 6) is -2.10. The fourth-order valence-corrected chi connectivity index (χ4v) is 6.37. The first-order valence-electron chi connectivity index (χ1n) is 14.6. The summed E-state index contributed by atoms with van der Waals surface area (Å²) in [6.07, 6.45) is -3.42. The van der Waals surface area contributed by atoms with Crippen molar-refractivity contribution >= 4 is 35.1 Å². The number of aliphatic hydroxyl groups excluding tert-OH is 1. The van der Waals surface area contributed by atoms with Crippen molar-refractivity contribution in [3.8, 4) is 11.3 Å². The van der Waals surface area contributed by atoms with Crippen molar-refractivity contribution in [2.75, 3.05) is 31.5 Å². The number of piperidine rings is 1. The lowest BCUT2D eigenvalue weighted by Crippen LogP contribution is -2.49. The molecular weight excluding hydrogens is 650 g/mol. The number of fused-ring (bicyclic) bond motifs is 1. The van der Waals surface area contributed by atoms with E-state index < -0.39 is 47.7 Å². The Morgan fingerprint density at radius 3 is 2.49 bits per heavy atom. The van der Waals surface area contributed by atoms with Gasteiger partial charge in [-0.15, -0.1) is 0 Å². The number of urea groups is 1. The Morgan fingerprint density at radius 2 is 1.87 bits per heavy atom. The topological polar surface area (TPSA) is 158 Å². The third-order valence-corrected chi connectivity index (χ3v) is 8.89. The largest absolute Gasteiger partial charge is 0.435 e. The van der Waals surface area contributed by atoms with E-state index in [4.69, 9.17) is 11.6 Å². The van der Waals surface area contributed by atoms with Crippen molar-refractivity contribution in [3.05, 3.63) is 65.1 Å². The molecule has 4 heterocycles. The van der Waals surface area contributed by atoms with Crippen LogP contribution in [0.25, 0.3) is 11.3 Å².